The second-order valence-electron chi connectivity index (χ2n) is 6.17. The second kappa shape index (κ2) is 11.2. The van der Waals surface area contributed by atoms with Crippen LogP contribution in [0.2, 0.25) is 0 Å². The van der Waals surface area contributed by atoms with Gasteiger partial charge in [0.05, 0.1) is 0 Å². The average Bonchev–Trinajstić information content (AvgIpc) is 2.69. The molecule has 0 aliphatic carbocycles. The Morgan fingerprint density at radius 1 is 0.731 bits per heavy atom. The quantitative estimate of drug-likeness (QED) is 0.548. The predicted molar refractivity (Wildman–Crippen MR) is 102 cm³/mol. The van der Waals surface area contributed by atoms with E-state index in [-0.39, 0.29) is 44.7 Å². The van der Waals surface area contributed by atoms with Crippen LogP contribution in [0.3, 0.4) is 0 Å². The summed E-state index contributed by atoms with van der Waals surface area (Å²) < 4.78 is 0. The molecule has 126 valence electrons. The van der Waals surface area contributed by atoms with E-state index in [1.165, 1.54) is 5.56 Å². The molecule has 0 fully saturated rings. The Labute approximate surface area is 180 Å². The molecule has 3 heteroatoms. The van der Waals surface area contributed by atoms with Crippen molar-refractivity contribution in [3.05, 3.63) is 108 Å². The van der Waals surface area contributed by atoms with Crippen LogP contribution in [0.5, 0.6) is 0 Å². The minimum Gasteiger partial charge on any atom is -0.541 e. The molecule has 0 saturated carbocycles. The zero-order valence-electron chi connectivity index (χ0n) is 14.7. The van der Waals surface area contributed by atoms with E-state index in [0.29, 0.717) is 13.0 Å². The van der Waals surface area contributed by atoms with E-state index in [9.17, 15) is 4.79 Å². The first-order valence-electron chi connectivity index (χ1n) is 8.60. The molecule has 3 aromatic rings. The third-order valence-electron chi connectivity index (χ3n) is 4.38. The maximum atomic E-state index is 11.8. The summed E-state index contributed by atoms with van der Waals surface area (Å²) in [5.74, 6) is -0.242. The van der Waals surface area contributed by atoms with E-state index >= 15 is 0 Å². The monoisotopic (exact) mass is 417 g/mol. The molecule has 3 rings (SSSR count). The van der Waals surface area contributed by atoms with Gasteiger partial charge in [0.25, 0.3) is 0 Å². The predicted octanol–water partition coefficient (Wildman–Crippen LogP) is 4.48. The largest absolute Gasteiger partial charge is 3.00 e. The minimum absolute atomic E-state index is 0. The molecule has 0 bridgehead atoms. The Balaban J connectivity index is 0.00000243. The summed E-state index contributed by atoms with van der Waals surface area (Å²) in [6.45, 7) is 0.716. The number of hydrogen-bond acceptors (Lipinski definition) is 2. The summed E-state index contributed by atoms with van der Waals surface area (Å²) in [5, 5.41) is 3.56. The van der Waals surface area contributed by atoms with Gasteiger partial charge in [0.2, 0.25) is 0 Å². The Morgan fingerprint density at radius 3 is 1.77 bits per heavy atom. The Bertz CT molecular complexity index is 762. The Kier molecular flexibility index (Phi) is 8.90. The van der Waals surface area contributed by atoms with Crippen LogP contribution in [0.25, 0.3) is 0 Å². The first kappa shape index (κ1) is 20.7. The van der Waals surface area contributed by atoms with Crippen LogP contribution in [0, 0.1) is 5.92 Å². The van der Waals surface area contributed by atoms with Crippen LogP contribution in [0.1, 0.15) is 22.7 Å². The van der Waals surface area contributed by atoms with Crippen molar-refractivity contribution in [3.8, 4) is 0 Å². The molecular formula is C23H22NOY+2. The summed E-state index contributed by atoms with van der Waals surface area (Å²) in [7, 11) is 0. The van der Waals surface area contributed by atoms with Gasteiger partial charge in [-0.25, -0.2) is 0 Å². The molecule has 0 aromatic heterocycles. The Hall–Kier alpha value is -1.61. The van der Waals surface area contributed by atoms with E-state index in [1.54, 1.807) is 0 Å². The molecule has 26 heavy (non-hydrogen) atoms. The molecule has 2 unspecified atom stereocenters. The van der Waals surface area contributed by atoms with Crippen LogP contribution in [0.15, 0.2) is 91.0 Å². The van der Waals surface area contributed by atoms with Crippen molar-refractivity contribution in [2.24, 2.45) is 5.92 Å². The van der Waals surface area contributed by atoms with E-state index in [1.807, 2.05) is 54.6 Å². The maximum absolute atomic E-state index is 11.8. The summed E-state index contributed by atoms with van der Waals surface area (Å²) in [5.41, 5.74) is 3.47. The first-order chi connectivity index (χ1) is 12.4. The average molecular weight is 417 g/mol. The van der Waals surface area contributed by atoms with Gasteiger partial charge in [-0.3, -0.25) is 6.29 Å². The second-order valence-corrected chi connectivity index (χ2v) is 6.17. The summed E-state index contributed by atoms with van der Waals surface area (Å²) in [6, 6.07) is 30.4. The van der Waals surface area contributed by atoms with E-state index in [0.717, 1.165) is 11.1 Å². The first-order valence-corrected chi connectivity index (χ1v) is 8.60. The van der Waals surface area contributed by atoms with Gasteiger partial charge in [-0.2, -0.15) is 0 Å². The summed E-state index contributed by atoms with van der Waals surface area (Å²) in [6.07, 6.45) is 2.95. The fraction of sp³-hybridized carbons (Fsp3) is 0.174. The molecule has 0 amide bonds. The summed E-state index contributed by atoms with van der Waals surface area (Å²) in [4.78, 5) is 11.8. The molecule has 0 saturated heterocycles. The van der Waals surface area contributed by atoms with E-state index in [4.69, 9.17) is 0 Å². The molecule has 0 heterocycles. The molecule has 0 aliphatic rings. The fourth-order valence-electron chi connectivity index (χ4n) is 3.07. The summed E-state index contributed by atoms with van der Waals surface area (Å²) >= 11 is 0. The van der Waals surface area contributed by atoms with Gasteiger partial charge in [-0.05, 0) is 17.5 Å². The number of benzene rings is 3. The van der Waals surface area contributed by atoms with Gasteiger partial charge in [-0.15, -0.1) is 5.92 Å². The zero-order chi connectivity index (χ0) is 17.3. The molecular weight excluding hydrogens is 395 g/mol. The van der Waals surface area contributed by atoms with Gasteiger partial charge < -0.3 is 10.1 Å². The van der Waals surface area contributed by atoms with Crippen molar-refractivity contribution in [1.82, 2.24) is 5.32 Å². The van der Waals surface area contributed by atoms with Crippen molar-refractivity contribution in [1.29, 1.82) is 0 Å². The minimum atomic E-state index is -0.242. The molecule has 3 aromatic carbocycles. The van der Waals surface area contributed by atoms with Gasteiger partial charge in [0.15, 0.2) is 0 Å². The third kappa shape index (κ3) is 5.98. The van der Waals surface area contributed by atoms with Gasteiger partial charge >= 0.3 is 32.7 Å². The van der Waals surface area contributed by atoms with Gasteiger partial charge in [0.1, 0.15) is 0 Å². The molecule has 1 N–H and O–H groups in total. The van der Waals surface area contributed by atoms with Crippen molar-refractivity contribution in [3.63, 3.8) is 0 Å². The van der Waals surface area contributed by atoms with Gasteiger partial charge in [0, 0.05) is 12.6 Å². The number of hydrogen-bond donors (Lipinski definition) is 1. The molecule has 0 aliphatic heterocycles. The number of rotatable bonds is 8. The van der Waals surface area contributed by atoms with Crippen LogP contribution in [0.4, 0.5) is 0 Å². The molecule has 2 nitrogen and oxygen atoms in total. The smallest absolute Gasteiger partial charge is 0.541 e. The number of nitrogens with one attached hydrogen (secondary N) is 1. The van der Waals surface area contributed by atoms with Crippen molar-refractivity contribution < 1.29 is 37.5 Å². The normalized spacial score (nSPS) is 12.6. The Morgan fingerprint density at radius 2 is 1.23 bits per heavy atom. The topological polar surface area (TPSA) is 29.1 Å². The molecule has 0 radical (unpaired) electrons. The van der Waals surface area contributed by atoms with Crippen molar-refractivity contribution in [2.45, 2.75) is 19.0 Å². The van der Waals surface area contributed by atoms with E-state index in [2.05, 4.69) is 48.0 Å². The fourth-order valence-corrected chi connectivity index (χ4v) is 3.07. The maximum Gasteiger partial charge on any atom is 3.00 e. The van der Waals surface area contributed by atoms with Crippen LogP contribution in [-0.4, -0.2) is 6.29 Å². The van der Waals surface area contributed by atoms with Crippen molar-refractivity contribution >= 4 is 6.29 Å². The van der Waals surface area contributed by atoms with Crippen LogP contribution < -0.4 is 5.32 Å². The molecule has 0 spiro atoms. The van der Waals surface area contributed by atoms with Gasteiger partial charge in [-0.1, -0.05) is 96.6 Å². The third-order valence-corrected chi connectivity index (χ3v) is 4.38. The standard InChI is InChI=1S/C23H22NO.Y/c25-18-22(16-19-10-4-1-5-11-19)23(21-14-8-3-9-15-21)24-17-20-12-6-2-7-13-20;/h1-15,22-24H,16-17H2;/q-1;+3. The zero-order valence-corrected chi connectivity index (χ0v) is 17.6. The molecule has 2 atom stereocenters. The van der Waals surface area contributed by atoms with E-state index < -0.39 is 0 Å². The van der Waals surface area contributed by atoms with Crippen molar-refractivity contribution in [2.75, 3.05) is 0 Å². The SMILES string of the molecule is O=[C-]C(Cc1ccccc1)C(NCc1ccccc1)c1ccccc1.[Y+3]. The van der Waals surface area contributed by atoms with Crippen LogP contribution in [-0.2, 0) is 50.5 Å². The van der Waals surface area contributed by atoms with Crippen LogP contribution >= 0.6 is 0 Å². The number of carbonyl (C=O) groups excluding carboxylic acids is 1.